The Morgan fingerprint density at radius 1 is 1.78 bits per heavy atom. The van der Waals surface area contributed by atoms with Gasteiger partial charge in [-0.2, -0.15) is 0 Å². The molecule has 0 rings (SSSR count). The minimum atomic E-state index is -0.843. The third kappa shape index (κ3) is 5.00. The van der Waals surface area contributed by atoms with E-state index in [1.54, 1.807) is 6.92 Å². The maximum atomic E-state index is 9.97. The zero-order valence-electron chi connectivity index (χ0n) is 5.33. The summed E-state index contributed by atoms with van der Waals surface area (Å²) >= 11 is 0. The van der Waals surface area contributed by atoms with Crippen LogP contribution in [-0.2, 0) is 9.59 Å². The van der Waals surface area contributed by atoms with Crippen LogP contribution in [0.15, 0.2) is 0 Å². The molecule has 0 aliphatic rings. The predicted octanol–water partition coefficient (Wildman–Crippen LogP) is 0.686. The van der Waals surface area contributed by atoms with E-state index in [-0.39, 0.29) is 12.3 Å². The highest BCUT2D eigenvalue weighted by molar-refractivity contribution is 5.67. The summed E-state index contributed by atoms with van der Waals surface area (Å²) < 4.78 is 0. The molecule has 0 spiro atoms. The molecule has 0 fully saturated rings. The Bertz CT molecular complexity index is 109. The van der Waals surface area contributed by atoms with Crippen LogP contribution in [0.4, 0.5) is 0 Å². The Kier molecular flexibility index (Phi) is 3.67. The number of aldehydes is 1. The fourth-order valence-electron chi connectivity index (χ4n) is 0.546. The SMILES string of the molecule is CC(CC=O)CC(=O)O. The third-order valence-electron chi connectivity index (χ3n) is 1.02. The molecular formula is C6H10O3. The van der Waals surface area contributed by atoms with Crippen LogP contribution in [0.5, 0.6) is 0 Å². The van der Waals surface area contributed by atoms with E-state index >= 15 is 0 Å². The van der Waals surface area contributed by atoms with Gasteiger partial charge in [0.25, 0.3) is 0 Å². The van der Waals surface area contributed by atoms with E-state index in [4.69, 9.17) is 5.11 Å². The largest absolute Gasteiger partial charge is 0.481 e. The van der Waals surface area contributed by atoms with Crippen molar-refractivity contribution in [3.05, 3.63) is 0 Å². The lowest BCUT2D eigenvalue weighted by molar-refractivity contribution is -0.138. The number of aliphatic carboxylic acids is 1. The number of carboxylic acid groups (broad SMARTS) is 1. The number of carbonyl (C=O) groups excluding carboxylic acids is 1. The molecule has 3 nitrogen and oxygen atoms in total. The molecule has 1 atom stereocenters. The topological polar surface area (TPSA) is 54.4 Å². The van der Waals surface area contributed by atoms with Gasteiger partial charge in [-0.05, 0) is 5.92 Å². The van der Waals surface area contributed by atoms with E-state index in [1.807, 2.05) is 0 Å². The van der Waals surface area contributed by atoms with Crippen molar-refractivity contribution in [3.8, 4) is 0 Å². The molecule has 0 amide bonds. The summed E-state index contributed by atoms with van der Waals surface area (Å²) in [5.74, 6) is -0.871. The van der Waals surface area contributed by atoms with Gasteiger partial charge >= 0.3 is 5.97 Å². The maximum absolute atomic E-state index is 9.97. The van der Waals surface area contributed by atoms with Crippen molar-refractivity contribution in [2.45, 2.75) is 19.8 Å². The van der Waals surface area contributed by atoms with E-state index in [2.05, 4.69) is 0 Å². The highest BCUT2D eigenvalue weighted by atomic mass is 16.4. The van der Waals surface area contributed by atoms with Crippen molar-refractivity contribution in [2.75, 3.05) is 0 Å². The fourth-order valence-corrected chi connectivity index (χ4v) is 0.546. The average molecular weight is 130 g/mol. The predicted molar refractivity (Wildman–Crippen MR) is 32.1 cm³/mol. The fraction of sp³-hybridized carbons (Fsp3) is 0.667. The molecule has 0 bridgehead atoms. The first kappa shape index (κ1) is 8.14. The van der Waals surface area contributed by atoms with E-state index in [0.29, 0.717) is 6.42 Å². The summed E-state index contributed by atoms with van der Waals surface area (Å²) in [5, 5.41) is 8.19. The van der Waals surface area contributed by atoms with E-state index < -0.39 is 5.97 Å². The van der Waals surface area contributed by atoms with E-state index in [0.717, 1.165) is 6.29 Å². The first-order chi connectivity index (χ1) is 4.16. The van der Waals surface area contributed by atoms with Gasteiger partial charge in [0.2, 0.25) is 0 Å². The van der Waals surface area contributed by atoms with Crippen LogP contribution in [0.25, 0.3) is 0 Å². The monoisotopic (exact) mass is 130 g/mol. The van der Waals surface area contributed by atoms with Gasteiger partial charge in [0.05, 0.1) is 0 Å². The second-order valence-corrected chi connectivity index (χ2v) is 2.11. The van der Waals surface area contributed by atoms with Gasteiger partial charge in [-0.3, -0.25) is 4.79 Å². The van der Waals surface area contributed by atoms with Gasteiger partial charge < -0.3 is 9.90 Å². The smallest absolute Gasteiger partial charge is 0.303 e. The molecule has 0 aromatic rings. The normalized spacial score (nSPS) is 12.6. The van der Waals surface area contributed by atoms with Crippen LogP contribution in [0.1, 0.15) is 19.8 Å². The van der Waals surface area contributed by atoms with Gasteiger partial charge in [0.1, 0.15) is 6.29 Å². The van der Waals surface area contributed by atoms with Gasteiger partial charge in [-0.25, -0.2) is 0 Å². The molecular weight excluding hydrogens is 120 g/mol. The molecule has 0 heterocycles. The summed E-state index contributed by atoms with van der Waals surface area (Å²) in [6.45, 7) is 1.74. The Hall–Kier alpha value is -0.860. The molecule has 0 aliphatic carbocycles. The summed E-state index contributed by atoms with van der Waals surface area (Å²) in [6, 6.07) is 0. The number of carbonyl (C=O) groups is 2. The second kappa shape index (κ2) is 4.06. The summed E-state index contributed by atoms with van der Waals surface area (Å²) in [7, 11) is 0. The molecule has 52 valence electrons. The number of hydrogen-bond acceptors (Lipinski definition) is 2. The van der Waals surface area contributed by atoms with E-state index in [1.165, 1.54) is 0 Å². The molecule has 9 heavy (non-hydrogen) atoms. The molecule has 3 heteroatoms. The van der Waals surface area contributed by atoms with Gasteiger partial charge in [-0.1, -0.05) is 6.92 Å². The van der Waals surface area contributed by atoms with Crippen molar-refractivity contribution < 1.29 is 14.7 Å². The number of hydrogen-bond donors (Lipinski definition) is 1. The highest BCUT2D eigenvalue weighted by Gasteiger charge is 2.05. The molecule has 0 radical (unpaired) electrons. The molecule has 0 saturated heterocycles. The molecule has 0 aromatic carbocycles. The summed E-state index contributed by atoms with van der Waals surface area (Å²) in [6.07, 6.45) is 1.17. The first-order valence-corrected chi connectivity index (χ1v) is 2.82. The summed E-state index contributed by atoms with van der Waals surface area (Å²) in [5.41, 5.74) is 0. The van der Waals surface area contributed by atoms with Crippen LogP contribution in [0.2, 0.25) is 0 Å². The van der Waals surface area contributed by atoms with Crippen molar-refractivity contribution in [3.63, 3.8) is 0 Å². The zero-order valence-corrected chi connectivity index (χ0v) is 5.33. The number of carboxylic acids is 1. The molecule has 0 aromatic heterocycles. The van der Waals surface area contributed by atoms with E-state index in [9.17, 15) is 9.59 Å². The van der Waals surface area contributed by atoms with Gasteiger partial charge in [0.15, 0.2) is 0 Å². The standard InChI is InChI=1S/C6H10O3/c1-5(2-3-7)4-6(8)9/h3,5H,2,4H2,1H3,(H,8,9). The quantitative estimate of drug-likeness (QED) is 0.569. The number of rotatable bonds is 4. The second-order valence-electron chi connectivity index (χ2n) is 2.11. The highest BCUT2D eigenvalue weighted by Crippen LogP contribution is 2.03. The lowest BCUT2D eigenvalue weighted by Crippen LogP contribution is -2.03. The minimum Gasteiger partial charge on any atom is -0.481 e. The first-order valence-electron chi connectivity index (χ1n) is 2.82. The Morgan fingerprint density at radius 3 is 2.67 bits per heavy atom. The van der Waals surface area contributed by atoms with Crippen LogP contribution in [0.3, 0.4) is 0 Å². The lowest BCUT2D eigenvalue weighted by atomic mass is 10.1. The van der Waals surface area contributed by atoms with Crippen molar-refractivity contribution in [2.24, 2.45) is 5.92 Å². The maximum Gasteiger partial charge on any atom is 0.303 e. The average Bonchev–Trinajstić information content (AvgIpc) is 1.63. The molecule has 1 unspecified atom stereocenters. The van der Waals surface area contributed by atoms with Gasteiger partial charge in [-0.15, -0.1) is 0 Å². The molecule has 0 aliphatic heterocycles. The molecule has 1 N–H and O–H groups in total. The van der Waals surface area contributed by atoms with Crippen molar-refractivity contribution in [1.29, 1.82) is 0 Å². The van der Waals surface area contributed by atoms with Crippen LogP contribution >= 0.6 is 0 Å². The van der Waals surface area contributed by atoms with Crippen LogP contribution in [0, 0.1) is 5.92 Å². The zero-order chi connectivity index (χ0) is 7.28. The Morgan fingerprint density at radius 2 is 2.33 bits per heavy atom. The summed E-state index contributed by atoms with van der Waals surface area (Å²) in [4.78, 5) is 19.8. The Labute approximate surface area is 53.7 Å². The van der Waals surface area contributed by atoms with Crippen LogP contribution < -0.4 is 0 Å². The third-order valence-corrected chi connectivity index (χ3v) is 1.02. The van der Waals surface area contributed by atoms with Crippen molar-refractivity contribution in [1.82, 2.24) is 0 Å². The van der Waals surface area contributed by atoms with Crippen molar-refractivity contribution >= 4 is 12.3 Å². The minimum absolute atomic E-state index is 0.0278. The lowest BCUT2D eigenvalue weighted by Gasteiger charge is -2.00. The Balaban J connectivity index is 3.37. The van der Waals surface area contributed by atoms with Crippen LogP contribution in [-0.4, -0.2) is 17.4 Å². The van der Waals surface area contributed by atoms with Gasteiger partial charge in [0, 0.05) is 12.8 Å². The molecule has 0 saturated carbocycles.